The van der Waals surface area contributed by atoms with E-state index in [-0.39, 0.29) is 3.79 Å². The average Bonchev–Trinajstić information content (AvgIpc) is 2.80. The molecular formula is C24H19IN3O2-. The van der Waals surface area contributed by atoms with Crippen LogP contribution >= 0.6 is 0 Å². The number of pyridine rings is 2. The van der Waals surface area contributed by atoms with Crippen molar-refractivity contribution < 1.29 is 30.7 Å². The van der Waals surface area contributed by atoms with Crippen LogP contribution in [0.3, 0.4) is 0 Å². The molecule has 0 saturated heterocycles. The Bertz CT molecular complexity index is 1100. The molecule has 4 rings (SSSR count). The molecule has 0 amide bonds. The van der Waals surface area contributed by atoms with Gasteiger partial charge in [-0.3, -0.25) is 0 Å². The average molecular weight is 508 g/mol. The van der Waals surface area contributed by atoms with Crippen LogP contribution in [0.15, 0.2) is 97.5 Å². The zero-order valence-electron chi connectivity index (χ0n) is 16.0. The molecule has 0 spiro atoms. The van der Waals surface area contributed by atoms with Crippen LogP contribution in [-0.2, 0) is 6.54 Å². The number of carbonyl (C=O) groups is 1. The molecule has 150 valence electrons. The molecule has 2 heterocycles. The van der Waals surface area contributed by atoms with Crippen LogP contribution in [-0.4, -0.2) is 13.8 Å². The molecule has 4 aromatic rings. The number of hydrogen-bond donors (Lipinski definition) is 1. The van der Waals surface area contributed by atoms with Gasteiger partial charge in [-0.25, -0.2) is 0 Å². The van der Waals surface area contributed by atoms with Crippen LogP contribution < -0.4 is 31.3 Å². The van der Waals surface area contributed by atoms with Crippen LogP contribution in [0.4, 0.5) is 5.82 Å². The summed E-state index contributed by atoms with van der Waals surface area (Å²) < 4.78 is 6.97. The number of anilines is 1. The third kappa shape index (κ3) is 5.42. The molecule has 0 aliphatic heterocycles. The molecule has 0 saturated carbocycles. The molecule has 0 aliphatic carbocycles. The topological polar surface area (TPSA) is 64.1 Å². The molecule has 0 bridgehead atoms. The van der Waals surface area contributed by atoms with E-state index >= 15 is 0 Å². The van der Waals surface area contributed by atoms with E-state index in [0.717, 1.165) is 20.6 Å². The molecule has 2 aromatic heterocycles. The number of benzene rings is 2. The summed E-state index contributed by atoms with van der Waals surface area (Å²) in [6.45, 7) is 0.587. The van der Waals surface area contributed by atoms with Gasteiger partial charge in [0.1, 0.15) is 0 Å². The first-order valence-corrected chi connectivity index (χ1v) is 11.5. The summed E-state index contributed by atoms with van der Waals surface area (Å²) in [4.78, 5) is 21.3. The number of nitrogens with one attached hydrogen (secondary N) is 1. The molecule has 6 heteroatoms. The van der Waals surface area contributed by atoms with E-state index in [1.165, 1.54) is 0 Å². The van der Waals surface area contributed by atoms with E-state index in [9.17, 15) is 4.79 Å². The van der Waals surface area contributed by atoms with E-state index < -0.39 is 21.2 Å². The third-order valence-corrected chi connectivity index (χ3v) is 6.63. The molecule has 0 unspecified atom stereocenters. The van der Waals surface area contributed by atoms with Crippen molar-refractivity contribution in [2.45, 2.75) is 6.54 Å². The Labute approximate surface area is 185 Å². The van der Waals surface area contributed by atoms with E-state index in [1.54, 1.807) is 24.7 Å². The fraction of sp³-hybridized carbons (Fsp3) is 0.0417. The number of halogens is 1. The van der Waals surface area contributed by atoms with Gasteiger partial charge in [-0.15, -0.1) is 0 Å². The Hall–Kier alpha value is -3.26. The van der Waals surface area contributed by atoms with Crippen molar-refractivity contribution in [2.24, 2.45) is 0 Å². The monoisotopic (exact) mass is 508 g/mol. The van der Waals surface area contributed by atoms with Crippen molar-refractivity contribution in [3.63, 3.8) is 0 Å². The van der Waals surface area contributed by atoms with Crippen LogP contribution in [0.1, 0.15) is 15.9 Å². The van der Waals surface area contributed by atoms with Gasteiger partial charge in [-0.1, -0.05) is 0 Å². The second-order valence-corrected chi connectivity index (χ2v) is 9.11. The minimum atomic E-state index is -0.856. The van der Waals surface area contributed by atoms with E-state index in [4.69, 9.17) is 4.74 Å². The standard InChI is InChI=1S/C24H19IN3O2/c29-23(22-7-4-14-27-24(22)28-17-18-12-15-26-16-13-18)25-19-8-10-21(11-9-19)30-20-5-2-1-3-6-20/h1-16H,17H2,(H,27,28)/q-1. The number of carbonyl (C=O) groups excluding carboxylic acids is 1. The first-order chi connectivity index (χ1) is 14.8. The summed E-state index contributed by atoms with van der Waals surface area (Å²) in [5.41, 5.74) is 1.71. The number of ether oxygens (including phenoxy) is 1. The minimum absolute atomic E-state index is 0.121. The summed E-state index contributed by atoms with van der Waals surface area (Å²) >= 11 is -0.856. The van der Waals surface area contributed by atoms with Crippen LogP contribution in [0, 0.1) is 3.57 Å². The molecular weight excluding hydrogens is 489 g/mol. The van der Waals surface area contributed by atoms with Crippen molar-refractivity contribution in [3.8, 4) is 11.5 Å². The molecule has 0 fully saturated rings. The second-order valence-electron chi connectivity index (χ2n) is 6.35. The number of aromatic nitrogens is 2. The van der Waals surface area contributed by atoms with Gasteiger partial charge < -0.3 is 0 Å². The Balaban J connectivity index is 1.41. The van der Waals surface area contributed by atoms with Crippen molar-refractivity contribution in [1.29, 1.82) is 0 Å². The van der Waals surface area contributed by atoms with Gasteiger partial charge in [0.25, 0.3) is 0 Å². The summed E-state index contributed by atoms with van der Waals surface area (Å²) in [5.74, 6) is 2.15. The van der Waals surface area contributed by atoms with Gasteiger partial charge in [-0.2, -0.15) is 0 Å². The quantitative estimate of drug-likeness (QED) is 0.292. The Morgan fingerprint density at radius 3 is 2.33 bits per heavy atom. The van der Waals surface area contributed by atoms with Gasteiger partial charge in [0, 0.05) is 0 Å². The van der Waals surface area contributed by atoms with E-state index in [2.05, 4.69) is 15.3 Å². The fourth-order valence-corrected chi connectivity index (χ4v) is 4.74. The van der Waals surface area contributed by atoms with Gasteiger partial charge in [0.2, 0.25) is 0 Å². The van der Waals surface area contributed by atoms with Crippen molar-refractivity contribution >= 4 is 9.61 Å². The maximum absolute atomic E-state index is 12.9. The Morgan fingerprint density at radius 1 is 0.833 bits per heavy atom. The van der Waals surface area contributed by atoms with Gasteiger partial charge in [0.05, 0.1) is 0 Å². The summed E-state index contributed by atoms with van der Waals surface area (Å²) in [6, 6.07) is 24.9. The molecule has 2 aromatic carbocycles. The number of rotatable bonds is 8. The molecule has 0 radical (unpaired) electrons. The van der Waals surface area contributed by atoms with Gasteiger partial charge >= 0.3 is 186 Å². The molecule has 1 N–H and O–H groups in total. The Kier molecular flexibility index (Phi) is 6.66. The summed E-state index contributed by atoms with van der Waals surface area (Å²) in [6.07, 6.45) is 5.19. The molecule has 30 heavy (non-hydrogen) atoms. The predicted octanol–water partition coefficient (Wildman–Crippen LogP) is 1.98. The number of hydrogen-bond acceptors (Lipinski definition) is 5. The molecule has 0 aliphatic rings. The normalized spacial score (nSPS) is 10.5. The van der Waals surface area contributed by atoms with Crippen molar-refractivity contribution in [3.05, 3.63) is 112 Å². The van der Waals surface area contributed by atoms with E-state index in [1.807, 2.05) is 72.8 Å². The SMILES string of the molecule is O=C([I-]c1ccc(Oc2ccccc2)cc1)c1cccnc1NCc1ccncc1. The maximum atomic E-state index is 12.9. The zero-order chi connectivity index (χ0) is 20.6. The molecule has 5 nitrogen and oxygen atoms in total. The predicted molar refractivity (Wildman–Crippen MR) is 112 cm³/mol. The number of nitrogens with zero attached hydrogens (tertiary/aromatic N) is 2. The van der Waals surface area contributed by atoms with E-state index in [0.29, 0.717) is 17.9 Å². The second kappa shape index (κ2) is 9.98. The van der Waals surface area contributed by atoms with Crippen LogP contribution in [0.25, 0.3) is 0 Å². The van der Waals surface area contributed by atoms with Gasteiger partial charge in [-0.05, 0) is 0 Å². The first-order valence-electron chi connectivity index (χ1n) is 9.38. The Morgan fingerprint density at radius 2 is 1.57 bits per heavy atom. The van der Waals surface area contributed by atoms with Crippen molar-refractivity contribution in [1.82, 2.24) is 9.97 Å². The molecule has 0 atom stereocenters. The summed E-state index contributed by atoms with van der Waals surface area (Å²) in [7, 11) is 0. The first kappa shape index (κ1) is 20.0. The summed E-state index contributed by atoms with van der Waals surface area (Å²) in [5, 5.41) is 3.27. The third-order valence-electron chi connectivity index (χ3n) is 4.22. The number of para-hydroxylation sites is 1. The van der Waals surface area contributed by atoms with Crippen LogP contribution in [0.2, 0.25) is 0 Å². The fourth-order valence-electron chi connectivity index (χ4n) is 2.73. The van der Waals surface area contributed by atoms with Gasteiger partial charge in [0.15, 0.2) is 0 Å². The van der Waals surface area contributed by atoms with Crippen LogP contribution in [0.5, 0.6) is 11.5 Å². The zero-order valence-corrected chi connectivity index (χ0v) is 18.2. The van der Waals surface area contributed by atoms with Crippen molar-refractivity contribution in [2.75, 3.05) is 5.32 Å².